The molecule has 3 aromatic carbocycles. The van der Waals surface area contributed by atoms with Gasteiger partial charge < -0.3 is 10.2 Å². The zero-order valence-corrected chi connectivity index (χ0v) is 23.2. The Morgan fingerprint density at radius 1 is 1.00 bits per heavy atom. The number of aryl methyl sites for hydroxylation is 1. The van der Waals surface area contributed by atoms with Gasteiger partial charge in [-0.2, -0.15) is 0 Å². The lowest BCUT2D eigenvalue weighted by Crippen LogP contribution is -2.48. The van der Waals surface area contributed by atoms with Gasteiger partial charge in [-0.25, -0.2) is 13.4 Å². The van der Waals surface area contributed by atoms with E-state index in [4.69, 9.17) is 16.6 Å². The van der Waals surface area contributed by atoms with Gasteiger partial charge >= 0.3 is 0 Å². The van der Waals surface area contributed by atoms with Gasteiger partial charge in [0, 0.05) is 50.5 Å². The molecule has 1 amide bonds. The lowest BCUT2D eigenvalue weighted by atomic mass is 10.2. The number of sulfonamides is 1. The van der Waals surface area contributed by atoms with Gasteiger partial charge in [-0.15, -0.1) is 0 Å². The molecule has 0 radical (unpaired) electrons. The molecule has 0 aliphatic carbocycles. The molecule has 11 heteroatoms. The zero-order valence-electron chi connectivity index (χ0n) is 20.9. The number of carbonyl (C=O) groups is 1. The summed E-state index contributed by atoms with van der Waals surface area (Å²) in [4.78, 5) is 22.1. The second kappa shape index (κ2) is 11.3. The molecule has 2 N–H and O–H groups in total. The number of halogens is 1. The van der Waals surface area contributed by atoms with Gasteiger partial charge in [-0.3, -0.25) is 14.4 Å². The fraction of sp³-hybridized carbons (Fsp3) is 0.259. The molecule has 5 rings (SSSR count). The molecule has 1 aliphatic rings. The van der Waals surface area contributed by atoms with E-state index in [1.54, 1.807) is 59.9 Å². The number of nitrogens with one attached hydrogen (secondary N) is 2. The molecule has 1 aliphatic heterocycles. The van der Waals surface area contributed by atoms with Gasteiger partial charge in [0.05, 0.1) is 14.6 Å². The molecule has 0 saturated carbocycles. The Morgan fingerprint density at radius 3 is 2.39 bits per heavy atom. The largest absolute Gasteiger partial charge is 0.351 e. The van der Waals surface area contributed by atoms with Gasteiger partial charge in [0.25, 0.3) is 15.9 Å². The first kappa shape index (κ1) is 26.4. The van der Waals surface area contributed by atoms with E-state index >= 15 is 0 Å². The summed E-state index contributed by atoms with van der Waals surface area (Å²) in [6, 6.07) is 18.9. The highest BCUT2D eigenvalue weighted by atomic mass is 35.5. The van der Waals surface area contributed by atoms with Crippen LogP contribution in [0.15, 0.2) is 71.6 Å². The average Bonchev–Trinajstić information content (AvgIpc) is 3.35. The van der Waals surface area contributed by atoms with Crippen LogP contribution in [0.1, 0.15) is 15.9 Å². The number of piperazine rings is 1. The van der Waals surface area contributed by atoms with E-state index in [1.807, 2.05) is 25.1 Å². The van der Waals surface area contributed by atoms with Crippen molar-refractivity contribution in [2.75, 3.05) is 48.9 Å². The van der Waals surface area contributed by atoms with Gasteiger partial charge in [0.2, 0.25) is 0 Å². The highest BCUT2D eigenvalue weighted by Crippen LogP contribution is 2.33. The molecule has 8 nitrogen and oxygen atoms in total. The molecule has 0 spiro atoms. The summed E-state index contributed by atoms with van der Waals surface area (Å²) < 4.78 is 28.8. The summed E-state index contributed by atoms with van der Waals surface area (Å²) >= 11 is 7.93. The molecular formula is C27H28ClN5O3S2. The van der Waals surface area contributed by atoms with Crippen molar-refractivity contribution in [1.82, 2.24) is 15.2 Å². The number of aromatic nitrogens is 1. The third-order valence-electron chi connectivity index (χ3n) is 6.45. The average molecular weight is 570 g/mol. The van der Waals surface area contributed by atoms with Gasteiger partial charge in [-0.05, 0) is 55.5 Å². The second-order valence-corrected chi connectivity index (χ2v) is 12.3. The van der Waals surface area contributed by atoms with Crippen molar-refractivity contribution < 1.29 is 13.2 Å². The van der Waals surface area contributed by atoms with Crippen molar-refractivity contribution in [3.05, 3.63) is 82.9 Å². The van der Waals surface area contributed by atoms with Crippen LogP contribution in [0.2, 0.25) is 5.02 Å². The van der Waals surface area contributed by atoms with Gasteiger partial charge in [0.1, 0.15) is 5.52 Å². The molecule has 198 valence electrons. The van der Waals surface area contributed by atoms with E-state index in [9.17, 15) is 13.2 Å². The van der Waals surface area contributed by atoms with Crippen molar-refractivity contribution in [3.63, 3.8) is 0 Å². The Morgan fingerprint density at radius 2 is 1.71 bits per heavy atom. The van der Waals surface area contributed by atoms with Crippen LogP contribution in [0.5, 0.6) is 0 Å². The summed E-state index contributed by atoms with van der Waals surface area (Å²) in [7, 11) is -3.69. The number of hydrogen-bond donors (Lipinski definition) is 2. The molecule has 0 bridgehead atoms. The fourth-order valence-corrected chi connectivity index (χ4v) is 6.63. The number of amides is 1. The van der Waals surface area contributed by atoms with Gasteiger partial charge in [0.15, 0.2) is 5.13 Å². The fourth-order valence-electron chi connectivity index (χ4n) is 4.25. The molecule has 0 atom stereocenters. The minimum Gasteiger partial charge on any atom is -0.351 e. The quantitative estimate of drug-likeness (QED) is 0.322. The van der Waals surface area contributed by atoms with Crippen molar-refractivity contribution in [2.24, 2.45) is 0 Å². The minimum atomic E-state index is -3.69. The monoisotopic (exact) mass is 569 g/mol. The topological polar surface area (TPSA) is 94.6 Å². The summed E-state index contributed by atoms with van der Waals surface area (Å²) in [5.41, 5.74) is 2.71. The maximum Gasteiger partial charge on any atom is 0.261 e. The number of thiazole rings is 1. The first-order valence-corrected chi connectivity index (χ1v) is 15.0. The Balaban J connectivity index is 1.07. The van der Waals surface area contributed by atoms with E-state index < -0.39 is 10.0 Å². The maximum absolute atomic E-state index is 12.6. The summed E-state index contributed by atoms with van der Waals surface area (Å²) in [5.74, 6) is -0.192. The van der Waals surface area contributed by atoms with Crippen molar-refractivity contribution in [1.29, 1.82) is 0 Å². The first-order chi connectivity index (χ1) is 18.3. The van der Waals surface area contributed by atoms with Crippen LogP contribution in [0.4, 0.5) is 10.8 Å². The van der Waals surface area contributed by atoms with E-state index in [2.05, 4.69) is 19.8 Å². The Labute approximate surface area is 231 Å². The smallest absolute Gasteiger partial charge is 0.261 e. The molecule has 1 aromatic heterocycles. The number of fused-ring (bicyclic) bond motifs is 1. The SMILES string of the molecule is Cc1ccc(S(=O)(=O)Nc2ccc(C(=O)NCCN3CCN(c4nc5c(Cl)cccc5s4)CC3)cc2)cc1. The number of para-hydroxylation sites is 1. The molecule has 2 heterocycles. The zero-order chi connectivity index (χ0) is 26.7. The van der Waals surface area contributed by atoms with Crippen LogP contribution < -0.4 is 14.9 Å². The highest BCUT2D eigenvalue weighted by Gasteiger charge is 2.20. The molecular weight excluding hydrogens is 542 g/mol. The lowest BCUT2D eigenvalue weighted by molar-refractivity contribution is 0.0948. The standard InChI is InChI=1S/C27H28ClN5O3S2/c1-19-5-11-22(12-6-19)38(35,36)31-21-9-7-20(8-10-21)26(34)29-13-14-32-15-17-33(18-16-32)27-30-25-23(28)3-2-4-24(25)37-27/h2-12,31H,13-18H2,1H3,(H,29,34). The summed E-state index contributed by atoms with van der Waals surface area (Å²) in [6.45, 7) is 6.68. The third-order valence-corrected chi connectivity index (χ3v) is 9.23. The van der Waals surface area contributed by atoms with Crippen LogP contribution in [0.25, 0.3) is 10.2 Å². The molecule has 1 fully saturated rings. The maximum atomic E-state index is 12.6. The van der Waals surface area contributed by atoms with E-state index in [1.165, 1.54) is 0 Å². The first-order valence-electron chi connectivity index (χ1n) is 12.3. The second-order valence-electron chi connectivity index (χ2n) is 9.16. The van der Waals surface area contributed by atoms with Gasteiger partial charge in [-0.1, -0.05) is 46.7 Å². The molecule has 38 heavy (non-hydrogen) atoms. The molecule has 0 unspecified atom stereocenters. The molecule has 1 saturated heterocycles. The molecule has 4 aromatic rings. The van der Waals surface area contributed by atoms with E-state index in [-0.39, 0.29) is 10.8 Å². The number of rotatable bonds is 8. The van der Waals surface area contributed by atoms with E-state index in [0.29, 0.717) is 22.8 Å². The van der Waals surface area contributed by atoms with Crippen LogP contribution in [0, 0.1) is 6.92 Å². The number of anilines is 2. The Kier molecular flexibility index (Phi) is 7.85. The minimum absolute atomic E-state index is 0.190. The number of carbonyl (C=O) groups excluding carboxylic acids is 1. The van der Waals surface area contributed by atoms with Crippen molar-refractivity contribution in [3.8, 4) is 0 Å². The number of nitrogens with zero attached hydrogens (tertiary/aromatic N) is 3. The normalized spacial score (nSPS) is 14.5. The third kappa shape index (κ3) is 6.10. The highest BCUT2D eigenvalue weighted by molar-refractivity contribution is 7.92. The summed E-state index contributed by atoms with van der Waals surface area (Å²) in [6.07, 6.45) is 0. The predicted molar refractivity (Wildman–Crippen MR) is 154 cm³/mol. The van der Waals surface area contributed by atoms with E-state index in [0.717, 1.165) is 53.6 Å². The predicted octanol–water partition coefficient (Wildman–Crippen LogP) is 4.61. The van der Waals surface area contributed by atoms with Crippen LogP contribution >= 0.6 is 22.9 Å². The lowest BCUT2D eigenvalue weighted by Gasteiger charge is -2.34. The van der Waals surface area contributed by atoms with Crippen molar-refractivity contribution >= 4 is 59.9 Å². The Bertz CT molecular complexity index is 1530. The van der Waals surface area contributed by atoms with Crippen LogP contribution in [-0.4, -0.2) is 63.5 Å². The van der Waals surface area contributed by atoms with Crippen LogP contribution in [0.3, 0.4) is 0 Å². The van der Waals surface area contributed by atoms with Crippen LogP contribution in [-0.2, 0) is 10.0 Å². The number of hydrogen-bond acceptors (Lipinski definition) is 7. The van der Waals surface area contributed by atoms with Crippen molar-refractivity contribution in [2.45, 2.75) is 11.8 Å². The summed E-state index contributed by atoms with van der Waals surface area (Å²) in [5, 5.41) is 4.62. The Hall–Kier alpha value is -3.18. The number of benzene rings is 3.